The highest BCUT2D eigenvalue weighted by Gasteiger charge is 2.30. The minimum absolute atomic E-state index is 0. The topological polar surface area (TPSA) is 57.2 Å². The molecule has 1 atom stereocenters. The van der Waals surface area contributed by atoms with Gasteiger partial charge < -0.3 is 19.9 Å². The summed E-state index contributed by atoms with van der Waals surface area (Å²) in [6.07, 6.45) is 1.57. The Bertz CT molecular complexity index is 680. The highest BCUT2D eigenvalue weighted by Crippen LogP contribution is 2.16. The van der Waals surface area contributed by atoms with E-state index in [4.69, 9.17) is 4.74 Å². The highest BCUT2D eigenvalue weighted by atomic mass is 127. The van der Waals surface area contributed by atoms with Gasteiger partial charge in [0.2, 0.25) is 0 Å². The minimum atomic E-state index is -0.240. The molecule has 29 heavy (non-hydrogen) atoms. The lowest BCUT2D eigenvalue weighted by Crippen LogP contribution is -2.55. The van der Waals surface area contributed by atoms with Crippen molar-refractivity contribution in [2.75, 3.05) is 52.1 Å². The van der Waals surface area contributed by atoms with Gasteiger partial charge in [0.05, 0.1) is 0 Å². The maximum Gasteiger partial charge on any atom is 0.251 e. The molecule has 0 aromatic heterocycles. The zero-order valence-corrected chi connectivity index (χ0v) is 20.0. The number of piperazine rings is 1. The molecule has 1 aromatic carbocycles. The van der Waals surface area contributed by atoms with E-state index in [1.165, 1.54) is 6.07 Å². The lowest BCUT2D eigenvalue weighted by Gasteiger charge is -2.37. The SMILES string of the molecule is CN=C(NCCSCc1ccccc1F)N1CCN(C(=O)C2CCCO2)CC1.I. The first-order valence-corrected chi connectivity index (χ1v) is 11.0. The van der Waals surface area contributed by atoms with Gasteiger partial charge >= 0.3 is 0 Å². The van der Waals surface area contributed by atoms with E-state index in [2.05, 4.69) is 15.2 Å². The van der Waals surface area contributed by atoms with E-state index in [1.54, 1.807) is 24.9 Å². The molecular formula is C20H30FIN4O2S. The summed E-state index contributed by atoms with van der Waals surface area (Å²) in [6, 6.07) is 6.90. The van der Waals surface area contributed by atoms with Crippen LogP contribution >= 0.6 is 35.7 Å². The van der Waals surface area contributed by atoms with Crippen LogP contribution in [-0.4, -0.2) is 79.9 Å². The van der Waals surface area contributed by atoms with Crippen LogP contribution in [0.3, 0.4) is 0 Å². The van der Waals surface area contributed by atoms with E-state index >= 15 is 0 Å². The van der Waals surface area contributed by atoms with Gasteiger partial charge in [0.25, 0.3) is 5.91 Å². The van der Waals surface area contributed by atoms with Crippen LogP contribution in [0, 0.1) is 5.82 Å². The molecule has 0 radical (unpaired) electrons. The molecule has 2 fully saturated rings. The number of ether oxygens (including phenoxy) is 1. The molecule has 162 valence electrons. The molecule has 2 heterocycles. The first kappa shape index (κ1) is 24.2. The van der Waals surface area contributed by atoms with Gasteiger partial charge in [-0.1, -0.05) is 18.2 Å². The number of nitrogens with one attached hydrogen (secondary N) is 1. The number of aliphatic imine (C=N–C) groups is 1. The number of thioether (sulfide) groups is 1. The number of amides is 1. The second-order valence-corrected chi connectivity index (χ2v) is 8.04. The number of benzene rings is 1. The van der Waals surface area contributed by atoms with Crippen molar-refractivity contribution in [3.05, 3.63) is 35.6 Å². The normalized spacial score (nSPS) is 19.8. The Hall–Kier alpha value is -1.07. The van der Waals surface area contributed by atoms with Gasteiger partial charge in [-0.2, -0.15) is 11.8 Å². The second-order valence-electron chi connectivity index (χ2n) is 6.93. The third kappa shape index (κ3) is 6.99. The summed E-state index contributed by atoms with van der Waals surface area (Å²) in [4.78, 5) is 20.9. The second kappa shape index (κ2) is 12.6. The van der Waals surface area contributed by atoms with Crippen molar-refractivity contribution in [1.29, 1.82) is 0 Å². The Morgan fingerprint density at radius 1 is 1.28 bits per heavy atom. The third-order valence-corrected chi connectivity index (χ3v) is 6.06. The number of hydrogen-bond donors (Lipinski definition) is 1. The van der Waals surface area contributed by atoms with Crippen LogP contribution in [0.1, 0.15) is 18.4 Å². The lowest BCUT2D eigenvalue weighted by molar-refractivity contribution is -0.142. The Morgan fingerprint density at radius 2 is 2.00 bits per heavy atom. The van der Waals surface area contributed by atoms with Crippen LogP contribution in [0.5, 0.6) is 0 Å². The fourth-order valence-electron chi connectivity index (χ4n) is 3.48. The molecule has 2 saturated heterocycles. The third-order valence-electron chi connectivity index (χ3n) is 5.05. The molecule has 1 unspecified atom stereocenters. The summed E-state index contributed by atoms with van der Waals surface area (Å²) in [5, 5.41) is 3.37. The highest BCUT2D eigenvalue weighted by molar-refractivity contribution is 14.0. The molecule has 3 rings (SSSR count). The monoisotopic (exact) mass is 536 g/mol. The molecule has 0 spiro atoms. The molecule has 0 saturated carbocycles. The molecule has 9 heteroatoms. The first-order chi connectivity index (χ1) is 13.7. The molecule has 2 aliphatic rings. The molecule has 0 bridgehead atoms. The standard InChI is InChI=1S/C20H29FN4O2S.HI/c1-22-20(23-8-14-28-15-16-5-2-3-6-17(16)21)25-11-9-24(10-12-25)19(26)18-7-4-13-27-18;/h2-3,5-6,18H,4,7-15H2,1H3,(H,22,23);1H. The van der Waals surface area contributed by atoms with Gasteiger partial charge in [0.1, 0.15) is 11.9 Å². The van der Waals surface area contributed by atoms with Crippen molar-refractivity contribution in [1.82, 2.24) is 15.1 Å². The van der Waals surface area contributed by atoms with Crippen molar-refractivity contribution >= 4 is 47.6 Å². The Labute approximate surface area is 193 Å². The van der Waals surface area contributed by atoms with Crippen molar-refractivity contribution < 1.29 is 13.9 Å². The summed E-state index contributed by atoms with van der Waals surface area (Å²) in [5.41, 5.74) is 0.740. The number of carbonyl (C=O) groups excluding carboxylic acids is 1. The van der Waals surface area contributed by atoms with Crippen molar-refractivity contribution in [3.63, 3.8) is 0 Å². The molecule has 2 aliphatic heterocycles. The number of nitrogens with zero attached hydrogens (tertiary/aromatic N) is 3. The van der Waals surface area contributed by atoms with Crippen molar-refractivity contribution in [2.24, 2.45) is 4.99 Å². The average Bonchev–Trinajstić information content (AvgIpc) is 3.26. The van der Waals surface area contributed by atoms with Crippen LogP contribution in [0.2, 0.25) is 0 Å². The van der Waals surface area contributed by atoms with E-state index in [1.807, 2.05) is 17.0 Å². The fraction of sp³-hybridized carbons (Fsp3) is 0.600. The molecule has 1 aromatic rings. The zero-order chi connectivity index (χ0) is 19.8. The number of hydrogen-bond acceptors (Lipinski definition) is 4. The van der Waals surface area contributed by atoms with Gasteiger partial charge in [0, 0.05) is 57.9 Å². The Morgan fingerprint density at radius 3 is 2.66 bits per heavy atom. The van der Waals surface area contributed by atoms with Gasteiger partial charge in [-0.05, 0) is 24.5 Å². The fourth-order valence-corrected chi connectivity index (χ4v) is 4.32. The number of guanidine groups is 1. The number of carbonyl (C=O) groups is 1. The van der Waals surface area contributed by atoms with Crippen LogP contribution in [0.25, 0.3) is 0 Å². The maximum atomic E-state index is 13.6. The molecule has 1 N–H and O–H groups in total. The average molecular weight is 536 g/mol. The maximum absolute atomic E-state index is 13.6. The van der Waals surface area contributed by atoms with Crippen molar-refractivity contribution in [2.45, 2.75) is 24.7 Å². The predicted molar refractivity (Wildman–Crippen MR) is 126 cm³/mol. The summed E-state index contributed by atoms with van der Waals surface area (Å²) >= 11 is 1.70. The van der Waals surface area contributed by atoms with E-state index in [-0.39, 0.29) is 41.8 Å². The summed E-state index contributed by atoms with van der Waals surface area (Å²) < 4.78 is 19.1. The summed E-state index contributed by atoms with van der Waals surface area (Å²) in [5.74, 6) is 2.37. The minimum Gasteiger partial charge on any atom is -0.368 e. The van der Waals surface area contributed by atoms with E-state index in [0.717, 1.165) is 49.8 Å². The van der Waals surface area contributed by atoms with Gasteiger partial charge in [-0.3, -0.25) is 9.79 Å². The van der Waals surface area contributed by atoms with Crippen molar-refractivity contribution in [3.8, 4) is 0 Å². The Balaban J connectivity index is 0.00000300. The molecule has 6 nitrogen and oxygen atoms in total. The van der Waals surface area contributed by atoms with Gasteiger partial charge in [-0.15, -0.1) is 24.0 Å². The number of halogens is 2. The summed E-state index contributed by atoms with van der Waals surface area (Å²) in [7, 11) is 1.78. The number of rotatable bonds is 6. The van der Waals surface area contributed by atoms with E-state index in [0.29, 0.717) is 25.4 Å². The Kier molecular flexibility index (Phi) is 10.5. The lowest BCUT2D eigenvalue weighted by atomic mass is 10.2. The van der Waals surface area contributed by atoms with Gasteiger partial charge in [-0.25, -0.2) is 4.39 Å². The molecule has 0 aliphatic carbocycles. The van der Waals surface area contributed by atoms with Crippen LogP contribution < -0.4 is 5.32 Å². The van der Waals surface area contributed by atoms with E-state index < -0.39 is 0 Å². The quantitative estimate of drug-likeness (QED) is 0.262. The van der Waals surface area contributed by atoms with Gasteiger partial charge in [0.15, 0.2) is 5.96 Å². The largest absolute Gasteiger partial charge is 0.368 e. The zero-order valence-electron chi connectivity index (χ0n) is 16.8. The van der Waals surface area contributed by atoms with Crippen LogP contribution in [-0.2, 0) is 15.3 Å². The molecule has 1 amide bonds. The first-order valence-electron chi connectivity index (χ1n) is 9.86. The summed E-state index contributed by atoms with van der Waals surface area (Å²) in [6.45, 7) is 4.38. The van der Waals surface area contributed by atoms with Crippen LogP contribution in [0.15, 0.2) is 29.3 Å². The van der Waals surface area contributed by atoms with Crippen LogP contribution in [0.4, 0.5) is 4.39 Å². The predicted octanol–water partition coefficient (Wildman–Crippen LogP) is 2.58. The molecular weight excluding hydrogens is 506 g/mol. The smallest absolute Gasteiger partial charge is 0.251 e. The van der Waals surface area contributed by atoms with E-state index in [9.17, 15) is 9.18 Å².